The summed E-state index contributed by atoms with van der Waals surface area (Å²) < 4.78 is 29.4. The quantitative estimate of drug-likeness (QED) is 0.864. The van der Waals surface area contributed by atoms with Gasteiger partial charge in [0, 0.05) is 51.2 Å². The molecule has 0 atom stereocenters. The lowest BCUT2D eigenvalue weighted by Crippen LogP contribution is -2.48. The van der Waals surface area contributed by atoms with Gasteiger partial charge in [-0.25, -0.2) is 8.42 Å². The molecule has 1 N–H and O–H groups in total. The molecule has 1 aromatic heterocycles. The van der Waals surface area contributed by atoms with Crippen LogP contribution >= 0.6 is 0 Å². The Bertz CT molecular complexity index is 959. The van der Waals surface area contributed by atoms with Crippen molar-refractivity contribution >= 4 is 21.6 Å². The van der Waals surface area contributed by atoms with Crippen molar-refractivity contribution in [3.63, 3.8) is 0 Å². The van der Waals surface area contributed by atoms with Crippen molar-refractivity contribution in [1.82, 2.24) is 14.2 Å². The van der Waals surface area contributed by atoms with Gasteiger partial charge in [0.05, 0.1) is 0 Å². The van der Waals surface area contributed by atoms with Crippen molar-refractivity contribution in [2.24, 2.45) is 0 Å². The van der Waals surface area contributed by atoms with E-state index in [-0.39, 0.29) is 10.8 Å². The zero-order valence-corrected chi connectivity index (χ0v) is 16.2. The minimum absolute atomic E-state index is 0.207. The van der Waals surface area contributed by atoms with Crippen LogP contribution in [-0.4, -0.2) is 55.9 Å². The molecule has 0 unspecified atom stereocenters. The number of sulfonamides is 1. The second-order valence-electron chi connectivity index (χ2n) is 7.04. The van der Waals surface area contributed by atoms with Crippen molar-refractivity contribution in [2.45, 2.75) is 24.8 Å². The molecule has 3 heterocycles. The molecule has 1 fully saturated rings. The van der Waals surface area contributed by atoms with Gasteiger partial charge in [-0.05, 0) is 31.0 Å². The Labute approximate surface area is 159 Å². The number of nitrogens with zero attached hydrogens (tertiary/aromatic N) is 3. The van der Waals surface area contributed by atoms with Gasteiger partial charge in [0.2, 0.25) is 10.0 Å². The SMILES string of the molecule is Cc1ccccc1N1CCN(S(=O)(=O)c2cc3n(c2)CCCNC3=O)CC1. The number of carbonyl (C=O) groups is 1. The molecular weight excluding hydrogens is 364 g/mol. The fourth-order valence-corrected chi connectivity index (χ4v) is 5.24. The molecule has 144 valence electrons. The summed E-state index contributed by atoms with van der Waals surface area (Å²) in [6.45, 7) is 5.49. The van der Waals surface area contributed by atoms with Crippen LogP contribution in [0.5, 0.6) is 0 Å². The Morgan fingerprint density at radius 1 is 1.04 bits per heavy atom. The highest BCUT2D eigenvalue weighted by Gasteiger charge is 2.31. The average molecular weight is 388 g/mol. The zero-order chi connectivity index (χ0) is 19.0. The minimum Gasteiger partial charge on any atom is -0.369 e. The number of para-hydroxylation sites is 1. The van der Waals surface area contributed by atoms with E-state index in [2.05, 4.69) is 29.3 Å². The van der Waals surface area contributed by atoms with Crippen LogP contribution in [0.15, 0.2) is 41.4 Å². The highest BCUT2D eigenvalue weighted by molar-refractivity contribution is 7.89. The van der Waals surface area contributed by atoms with E-state index in [1.807, 2.05) is 12.1 Å². The number of aryl methyl sites for hydroxylation is 2. The fraction of sp³-hybridized carbons (Fsp3) is 0.421. The van der Waals surface area contributed by atoms with E-state index in [1.165, 1.54) is 15.9 Å². The molecule has 1 aromatic carbocycles. The summed E-state index contributed by atoms with van der Waals surface area (Å²) in [4.78, 5) is 14.5. The Hall–Kier alpha value is -2.32. The maximum Gasteiger partial charge on any atom is 0.267 e. The second-order valence-corrected chi connectivity index (χ2v) is 8.98. The molecule has 2 aromatic rings. The first-order valence-corrected chi connectivity index (χ1v) is 10.7. The van der Waals surface area contributed by atoms with Crippen LogP contribution in [0.4, 0.5) is 5.69 Å². The lowest BCUT2D eigenvalue weighted by atomic mass is 10.1. The molecule has 2 aliphatic rings. The third-order valence-electron chi connectivity index (χ3n) is 5.30. The van der Waals surface area contributed by atoms with Crippen LogP contribution in [0.1, 0.15) is 22.5 Å². The zero-order valence-electron chi connectivity index (χ0n) is 15.4. The Balaban J connectivity index is 1.52. The monoisotopic (exact) mass is 388 g/mol. The van der Waals surface area contributed by atoms with E-state index in [1.54, 1.807) is 10.8 Å². The summed E-state index contributed by atoms with van der Waals surface area (Å²) in [6, 6.07) is 9.65. The lowest BCUT2D eigenvalue weighted by molar-refractivity contribution is 0.0951. The van der Waals surface area contributed by atoms with Crippen molar-refractivity contribution in [3.05, 3.63) is 47.8 Å². The first kappa shape index (κ1) is 18.1. The van der Waals surface area contributed by atoms with Gasteiger partial charge < -0.3 is 14.8 Å². The summed E-state index contributed by atoms with van der Waals surface area (Å²) in [5, 5.41) is 2.80. The van der Waals surface area contributed by atoms with Crippen molar-refractivity contribution in [1.29, 1.82) is 0 Å². The summed E-state index contributed by atoms with van der Waals surface area (Å²) in [5.41, 5.74) is 2.77. The number of anilines is 1. The van der Waals surface area contributed by atoms with Crippen molar-refractivity contribution < 1.29 is 13.2 Å². The predicted molar refractivity (Wildman–Crippen MR) is 104 cm³/mol. The molecule has 27 heavy (non-hydrogen) atoms. The van der Waals surface area contributed by atoms with Gasteiger partial charge in [0.25, 0.3) is 5.91 Å². The Morgan fingerprint density at radius 3 is 2.52 bits per heavy atom. The van der Waals surface area contributed by atoms with E-state index >= 15 is 0 Å². The Morgan fingerprint density at radius 2 is 1.78 bits per heavy atom. The summed E-state index contributed by atoms with van der Waals surface area (Å²) in [7, 11) is -3.60. The van der Waals surface area contributed by atoms with Gasteiger partial charge in [-0.2, -0.15) is 4.31 Å². The molecule has 0 saturated carbocycles. The highest BCUT2D eigenvalue weighted by Crippen LogP contribution is 2.25. The van der Waals surface area contributed by atoms with Crippen LogP contribution in [-0.2, 0) is 16.6 Å². The molecule has 0 spiro atoms. The standard InChI is InChI=1S/C19H24N4O3S/c1-15-5-2-3-6-17(15)21-9-11-23(12-10-21)27(25,26)16-13-18-19(24)20-7-4-8-22(18)14-16/h2-3,5-6,13-14H,4,7-12H2,1H3,(H,20,24). The van der Waals surface area contributed by atoms with E-state index in [0.29, 0.717) is 45.0 Å². The summed E-state index contributed by atoms with van der Waals surface area (Å²) >= 11 is 0. The maximum absolute atomic E-state index is 13.1. The fourth-order valence-electron chi connectivity index (χ4n) is 3.78. The third kappa shape index (κ3) is 3.35. The summed E-state index contributed by atoms with van der Waals surface area (Å²) in [5.74, 6) is -0.210. The molecule has 1 amide bonds. The van der Waals surface area contributed by atoms with Crippen LogP contribution in [0, 0.1) is 6.92 Å². The number of amides is 1. The van der Waals surface area contributed by atoms with Crippen molar-refractivity contribution in [2.75, 3.05) is 37.6 Å². The van der Waals surface area contributed by atoms with Gasteiger partial charge in [-0.3, -0.25) is 4.79 Å². The largest absolute Gasteiger partial charge is 0.369 e. The van der Waals surface area contributed by atoms with Gasteiger partial charge in [-0.1, -0.05) is 18.2 Å². The molecule has 0 aliphatic carbocycles. The summed E-state index contributed by atoms with van der Waals surface area (Å²) in [6.07, 6.45) is 2.39. The normalized spacial score (nSPS) is 18.7. The maximum atomic E-state index is 13.1. The first-order valence-electron chi connectivity index (χ1n) is 9.26. The van der Waals surface area contributed by atoms with E-state index in [9.17, 15) is 13.2 Å². The molecule has 7 nitrogen and oxygen atoms in total. The smallest absolute Gasteiger partial charge is 0.267 e. The van der Waals surface area contributed by atoms with Crippen LogP contribution in [0.2, 0.25) is 0 Å². The number of hydrogen-bond acceptors (Lipinski definition) is 4. The van der Waals surface area contributed by atoms with Crippen LogP contribution < -0.4 is 10.2 Å². The molecule has 4 rings (SSSR count). The van der Waals surface area contributed by atoms with Crippen molar-refractivity contribution in [3.8, 4) is 0 Å². The first-order chi connectivity index (χ1) is 13.0. The average Bonchev–Trinajstić information content (AvgIpc) is 3.03. The van der Waals surface area contributed by atoms with Gasteiger partial charge >= 0.3 is 0 Å². The van der Waals surface area contributed by atoms with Gasteiger partial charge in [-0.15, -0.1) is 0 Å². The van der Waals surface area contributed by atoms with Gasteiger partial charge in [0.15, 0.2) is 0 Å². The Kier molecular flexibility index (Phi) is 4.69. The minimum atomic E-state index is -3.60. The number of benzene rings is 1. The van der Waals surface area contributed by atoms with E-state index < -0.39 is 10.0 Å². The molecule has 2 aliphatic heterocycles. The highest BCUT2D eigenvalue weighted by atomic mass is 32.2. The number of hydrogen-bond donors (Lipinski definition) is 1. The number of rotatable bonds is 3. The third-order valence-corrected chi connectivity index (χ3v) is 7.16. The molecule has 0 bridgehead atoms. The number of nitrogens with one attached hydrogen (secondary N) is 1. The lowest BCUT2D eigenvalue weighted by Gasteiger charge is -2.36. The molecule has 0 radical (unpaired) electrons. The van der Waals surface area contributed by atoms with Crippen LogP contribution in [0.25, 0.3) is 0 Å². The van der Waals surface area contributed by atoms with Crippen LogP contribution in [0.3, 0.4) is 0 Å². The molecule has 8 heteroatoms. The molecule has 1 saturated heterocycles. The number of carbonyl (C=O) groups excluding carboxylic acids is 1. The van der Waals surface area contributed by atoms with E-state index in [4.69, 9.17) is 0 Å². The molecular formula is C19H24N4O3S. The van der Waals surface area contributed by atoms with Gasteiger partial charge in [0.1, 0.15) is 10.6 Å². The van der Waals surface area contributed by atoms with E-state index in [0.717, 1.165) is 12.1 Å². The number of fused-ring (bicyclic) bond motifs is 1. The topological polar surface area (TPSA) is 74.7 Å². The second kappa shape index (κ2) is 7.01. The number of aromatic nitrogens is 1. The number of piperazine rings is 1. The predicted octanol–water partition coefficient (Wildman–Crippen LogP) is 1.44.